The molecule has 3 N–H and O–H groups in total. The van der Waals surface area contributed by atoms with Gasteiger partial charge in [-0.05, 0) is 77.1 Å². The minimum absolute atomic E-state index is 0.850. The van der Waals surface area contributed by atoms with Crippen LogP contribution in [0.3, 0.4) is 0 Å². The van der Waals surface area contributed by atoms with E-state index >= 15 is 0 Å². The molecule has 6 nitrogen and oxygen atoms in total. The summed E-state index contributed by atoms with van der Waals surface area (Å²) in [6, 6.07) is 5.87. The van der Waals surface area contributed by atoms with Crippen LogP contribution in [0.4, 0.5) is 17.1 Å². The molecule has 0 spiro atoms. The van der Waals surface area contributed by atoms with E-state index in [9.17, 15) is 0 Å². The Morgan fingerprint density at radius 1 is 0.500 bits per heavy atom. The van der Waals surface area contributed by atoms with Gasteiger partial charge in [-0.2, -0.15) is 0 Å². The Labute approximate surface area is 149 Å². The van der Waals surface area contributed by atoms with E-state index in [1.165, 1.54) is 0 Å². The molecule has 1 aromatic carbocycles. The Morgan fingerprint density at radius 2 is 0.708 bits per heavy atom. The van der Waals surface area contributed by atoms with E-state index < -0.39 is 25.0 Å². The molecule has 0 radical (unpaired) electrons. The maximum atomic E-state index is 5.79. The van der Waals surface area contributed by atoms with Crippen molar-refractivity contribution < 1.29 is 13.6 Å². The van der Waals surface area contributed by atoms with Gasteiger partial charge in [-0.3, -0.25) is 16.4 Å². The third kappa shape index (κ3) is 10.1. The van der Waals surface area contributed by atoms with Crippen LogP contribution in [-0.2, 0) is 13.6 Å². The summed E-state index contributed by atoms with van der Waals surface area (Å²) in [6.45, 7) is 19.2. The molecule has 0 aliphatic heterocycles. The SMILES string of the molecule is C[Si](C)(C)ONc1cc(NO[Si](C)(C)C)cc(NO[Si](C)(C)C)c1. The quantitative estimate of drug-likeness (QED) is 0.399. The molecule has 0 unspecified atom stereocenters. The van der Waals surface area contributed by atoms with Crippen LogP contribution in [0.1, 0.15) is 0 Å². The van der Waals surface area contributed by atoms with E-state index in [-0.39, 0.29) is 0 Å². The standard InChI is InChI=1S/C15H33N3O3Si3/c1-22(2,3)19-16-13-10-14(17-20-23(4,5)6)12-15(11-13)18-21-24(7,8)9/h10-12,16-18H,1-9H3. The van der Waals surface area contributed by atoms with Gasteiger partial charge in [0, 0.05) is 0 Å². The molecule has 138 valence electrons. The van der Waals surface area contributed by atoms with E-state index in [0.717, 1.165) is 17.1 Å². The number of hydrogen-bond acceptors (Lipinski definition) is 6. The lowest BCUT2D eigenvalue weighted by Crippen LogP contribution is -2.30. The van der Waals surface area contributed by atoms with E-state index in [4.69, 9.17) is 13.6 Å². The van der Waals surface area contributed by atoms with Gasteiger partial charge in [0.1, 0.15) is 0 Å². The van der Waals surface area contributed by atoms with Crippen molar-refractivity contribution in [2.75, 3.05) is 16.4 Å². The monoisotopic (exact) mass is 387 g/mol. The Morgan fingerprint density at radius 3 is 0.875 bits per heavy atom. The first-order chi connectivity index (χ1) is 10.7. The molecule has 0 saturated heterocycles. The van der Waals surface area contributed by atoms with Crippen LogP contribution in [0.5, 0.6) is 0 Å². The summed E-state index contributed by atoms with van der Waals surface area (Å²) in [5, 5.41) is 0. The van der Waals surface area contributed by atoms with Crippen LogP contribution >= 0.6 is 0 Å². The summed E-state index contributed by atoms with van der Waals surface area (Å²) in [5.41, 5.74) is 11.7. The second-order valence-corrected chi connectivity index (χ2v) is 22.0. The molecule has 0 aliphatic carbocycles. The third-order valence-corrected chi connectivity index (χ3v) is 4.50. The van der Waals surface area contributed by atoms with Crippen LogP contribution in [-0.4, -0.2) is 25.0 Å². The average Bonchev–Trinajstić information content (AvgIpc) is 2.38. The van der Waals surface area contributed by atoms with Gasteiger partial charge in [-0.1, -0.05) is 0 Å². The highest BCUT2D eigenvalue weighted by molar-refractivity contribution is 6.70. The van der Waals surface area contributed by atoms with Gasteiger partial charge in [-0.15, -0.1) is 0 Å². The highest BCUT2D eigenvalue weighted by Gasteiger charge is 2.18. The van der Waals surface area contributed by atoms with Crippen molar-refractivity contribution in [2.45, 2.75) is 58.9 Å². The second-order valence-electron chi connectivity index (χ2n) is 8.75. The fraction of sp³-hybridized carbons (Fsp3) is 0.600. The summed E-state index contributed by atoms with van der Waals surface area (Å²) < 4.78 is 17.4. The third-order valence-electron chi connectivity index (χ3n) is 2.36. The Hall–Kier alpha value is -0.849. The van der Waals surface area contributed by atoms with Crippen molar-refractivity contribution in [1.29, 1.82) is 0 Å². The molecule has 9 heteroatoms. The van der Waals surface area contributed by atoms with Crippen LogP contribution in [0.25, 0.3) is 0 Å². The summed E-state index contributed by atoms with van der Waals surface area (Å²) in [7, 11) is -5.02. The molecule has 0 aromatic heterocycles. The molecule has 0 aliphatic rings. The lowest BCUT2D eigenvalue weighted by Gasteiger charge is -2.23. The average molecular weight is 388 g/mol. The summed E-state index contributed by atoms with van der Waals surface area (Å²) >= 11 is 0. The topological polar surface area (TPSA) is 63.8 Å². The van der Waals surface area contributed by atoms with E-state index in [0.29, 0.717) is 0 Å². The molecule has 1 rings (SSSR count). The van der Waals surface area contributed by atoms with Crippen LogP contribution in [0.2, 0.25) is 58.9 Å². The highest BCUT2D eigenvalue weighted by atomic mass is 28.4. The van der Waals surface area contributed by atoms with Gasteiger partial charge in [0.15, 0.2) is 0 Å². The van der Waals surface area contributed by atoms with Gasteiger partial charge in [0.25, 0.3) is 0 Å². The summed E-state index contributed by atoms with van der Waals surface area (Å²) in [4.78, 5) is 0. The number of nitrogens with one attached hydrogen (secondary N) is 3. The van der Waals surface area contributed by atoms with Crippen molar-refractivity contribution in [1.82, 2.24) is 0 Å². The van der Waals surface area contributed by atoms with Crippen LogP contribution in [0, 0.1) is 0 Å². The van der Waals surface area contributed by atoms with Crippen molar-refractivity contribution in [3.05, 3.63) is 18.2 Å². The van der Waals surface area contributed by atoms with E-state index in [1.807, 2.05) is 18.2 Å². The molecule has 1 aromatic rings. The highest BCUT2D eigenvalue weighted by Crippen LogP contribution is 2.25. The normalized spacial score (nSPS) is 12.9. The minimum Gasteiger partial charge on any atom is -0.323 e. The maximum absolute atomic E-state index is 5.79. The Balaban J connectivity index is 2.91. The van der Waals surface area contributed by atoms with Gasteiger partial charge in [0.05, 0.1) is 17.1 Å². The van der Waals surface area contributed by atoms with E-state index in [1.54, 1.807) is 0 Å². The van der Waals surface area contributed by atoms with Crippen LogP contribution in [0.15, 0.2) is 18.2 Å². The maximum Gasteiger partial charge on any atom is 0.220 e. The smallest absolute Gasteiger partial charge is 0.220 e. The van der Waals surface area contributed by atoms with Crippen molar-refractivity contribution in [3.8, 4) is 0 Å². The van der Waals surface area contributed by atoms with Gasteiger partial charge in [-0.25, -0.2) is 0 Å². The Bertz CT molecular complexity index is 449. The van der Waals surface area contributed by atoms with Crippen molar-refractivity contribution in [2.24, 2.45) is 0 Å². The molecular formula is C15H33N3O3Si3. The zero-order chi connectivity index (χ0) is 18.6. The molecule has 0 amide bonds. The lowest BCUT2D eigenvalue weighted by molar-refractivity contribution is 0.395. The molecule has 0 bridgehead atoms. The number of rotatable bonds is 9. The molecule has 0 atom stereocenters. The molecule has 24 heavy (non-hydrogen) atoms. The van der Waals surface area contributed by atoms with Gasteiger partial charge >= 0.3 is 0 Å². The second kappa shape index (κ2) is 8.02. The summed E-state index contributed by atoms with van der Waals surface area (Å²) in [5.74, 6) is 0. The van der Waals surface area contributed by atoms with Crippen molar-refractivity contribution in [3.63, 3.8) is 0 Å². The lowest BCUT2D eigenvalue weighted by atomic mass is 10.2. The first kappa shape index (κ1) is 21.2. The van der Waals surface area contributed by atoms with Crippen molar-refractivity contribution >= 4 is 42.0 Å². The van der Waals surface area contributed by atoms with Gasteiger partial charge < -0.3 is 13.6 Å². The zero-order valence-corrected chi connectivity index (χ0v) is 19.5. The molecule has 0 saturated carbocycles. The fourth-order valence-corrected chi connectivity index (χ4v) is 2.71. The predicted octanol–water partition coefficient (Wildman–Crippen LogP) is 5.22. The molecule has 0 fully saturated rings. The summed E-state index contributed by atoms with van der Waals surface area (Å²) in [6.07, 6.45) is 0. The number of hydrogen-bond donors (Lipinski definition) is 3. The molecule has 0 heterocycles. The predicted molar refractivity (Wildman–Crippen MR) is 111 cm³/mol. The largest absolute Gasteiger partial charge is 0.323 e. The van der Waals surface area contributed by atoms with E-state index in [2.05, 4.69) is 75.4 Å². The zero-order valence-electron chi connectivity index (χ0n) is 16.5. The number of anilines is 3. The first-order valence-electron chi connectivity index (χ1n) is 8.21. The Kier molecular flexibility index (Phi) is 7.08. The minimum atomic E-state index is -1.67. The number of benzene rings is 1. The van der Waals surface area contributed by atoms with Crippen LogP contribution < -0.4 is 16.4 Å². The van der Waals surface area contributed by atoms with Gasteiger partial charge in [0.2, 0.25) is 25.0 Å². The first-order valence-corrected chi connectivity index (χ1v) is 18.4. The fourth-order valence-electron chi connectivity index (χ4n) is 1.44. The molecular weight excluding hydrogens is 354 g/mol.